The predicted octanol–water partition coefficient (Wildman–Crippen LogP) is 4.98. The van der Waals surface area contributed by atoms with E-state index in [0.717, 1.165) is 5.69 Å². The predicted molar refractivity (Wildman–Crippen MR) is 94.3 cm³/mol. The number of anilines is 1. The van der Waals surface area contributed by atoms with Crippen molar-refractivity contribution in [2.45, 2.75) is 37.3 Å². The van der Waals surface area contributed by atoms with Gasteiger partial charge in [0, 0.05) is 5.69 Å². The zero-order valence-corrected chi connectivity index (χ0v) is 14.0. The maximum atomic E-state index is 12.6. The zero-order chi connectivity index (χ0) is 15.7. The van der Waals surface area contributed by atoms with Crippen LogP contribution in [0.5, 0.6) is 0 Å². The average molecular weight is 311 g/mol. The van der Waals surface area contributed by atoms with Crippen molar-refractivity contribution in [2.75, 3.05) is 4.90 Å². The Morgan fingerprint density at radius 1 is 1.00 bits per heavy atom. The fourth-order valence-corrected chi connectivity index (χ4v) is 4.03. The number of hydrogen-bond acceptors (Lipinski definition) is 2. The molecule has 2 atom stereocenters. The molecule has 0 radical (unpaired) electrons. The molecule has 2 nitrogen and oxygen atoms in total. The second kappa shape index (κ2) is 6.17. The van der Waals surface area contributed by atoms with Crippen LogP contribution in [-0.4, -0.2) is 11.2 Å². The molecule has 2 aromatic carbocycles. The molecule has 1 amide bonds. The highest BCUT2D eigenvalue weighted by Gasteiger charge is 2.39. The average Bonchev–Trinajstić information content (AvgIpc) is 2.84. The first-order valence-electron chi connectivity index (χ1n) is 7.71. The minimum atomic E-state index is -0.00465. The van der Waals surface area contributed by atoms with Crippen molar-refractivity contribution in [3.05, 3.63) is 65.7 Å². The lowest BCUT2D eigenvalue weighted by Gasteiger charge is -2.24. The molecular weight excluding hydrogens is 290 g/mol. The lowest BCUT2D eigenvalue weighted by atomic mass is 10.0. The molecule has 1 aliphatic rings. The molecule has 1 heterocycles. The van der Waals surface area contributed by atoms with Crippen LogP contribution < -0.4 is 4.90 Å². The Kier molecular flexibility index (Phi) is 4.25. The summed E-state index contributed by atoms with van der Waals surface area (Å²) in [5, 5.41) is 0.0589. The molecule has 0 saturated carbocycles. The Morgan fingerprint density at radius 2 is 1.64 bits per heavy atom. The van der Waals surface area contributed by atoms with Crippen LogP contribution >= 0.6 is 11.8 Å². The first kappa shape index (κ1) is 15.2. The topological polar surface area (TPSA) is 20.3 Å². The molecule has 0 aromatic heterocycles. The summed E-state index contributed by atoms with van der Waals surface area (Å²) < 4.78 is 0. The van der Waals surface area contributed by atoms with Gasteiger partial charge in [-0.25, -0.2) is 0 Å². The summed E-state index contributed by atoms with van der Waals surface area (Å²) in [4.78, 5) is 14.6. The Labute approximate surface area is 136 Å². The first-order valence-corrected chi connectivity index (χ1v) is 8.65. The van der Waals surface area contributed by atoms with E-state index in [1.807, 2.05) is 30.0 Å². The summed E-state index contributed by atoms with van der Waals surface area (Å²) in [5.74, 6) is 0.692. The maximum absolute atomic E-state index is 12.6. The highest BCUT2D eigenvalue weighted by Crippen LogP contribution is 2.45. The number of rotatable bonds is 3. The molecule has 2 aromatic rings. The van der Waals surface area contributed by atoms with Gasteiger partial charge in [-0.2, -0.15) is 0 Å². The van der Waals surface area contributed by atoms with Crippen LogP contribution in [0.3, 0.4) is 0 Å². The molecule has 114 valence electrons. The summed E-state index contributed by atoms with van der Waals surface area (Å²) in [5.41, 5.74) is 3.46. The van der Waals surface area contributed by atoms with Crippen LogP contribution in [0.2, 0.25) is 0 Å². The third kappa shape index (κ3) is 2.78. The number of carbonyl (C=O) groups is 1. The van der Waals surface area contributed by atoms with Gasteiger partial charge in [0.1, 0.15) is 5.37 Å². The molecule has 0 spiro atoms. The van der Waals surface area contributed by atoms with Crippen LogP contribution in [0.15, 0.2) is 54.6 Å². The van der Waals surface area contributed by atoms with E-state index in [9.17, 15) is 4.79 Å². The number of thioether (sulfide) groups is 1. The van der Waals surface area contributed by atoms with Crippen LogP contribution in [0.4, 0.5) is 5.69 Å². The highest BCUT2D eigenvalue weighted by molar-refractivity contribution is 8.01. The van der Waals surface area contributed by atoms with Gasteiger partial charge < -0.3 is 0 Å². The van der Waals surface area contributed by atoms with E-state index in [1.165, 1.54) is 11.1 Å². The Bertz CT molecular complexity index is 651. The second-order valence-corrected chi connectivity index (χ2v) is 7.42. The standard InChI is InChI=1S/C19H21NOS/c1-13(2)15-9-11-17(12-10-15)20-18(21)14(3)22-19(20)16-7-5-4-6-8-16/h4-14,19H,1-3H3/t14-,19-/m0/s1. The number of benzene rings is 2. The summed E-state index contributed by atoms with van der Waals surface area (Å²) in [6.45, 7) is 6.35. The second-order valence-electron chi connectivity index (χ2n) is 6.00. The van der Waals surface area contributed by atoms with E-state index in [-0.39, 0.29) is 16.5 Å². The van der Waals surface area contributed by atoms with Crippen molar-refractivity contribution in [2.24, 2.45) is 0 Å². The SMILES string of the molecule is CC(C)c1ccc(N2C(=O)[C@H](C)S[C@H]2c2ccccc2)cc1. The van der Waals surface area contributed by atoms with E-state index in [4.69, 9.17) is 0 Å². The summed E-state index contributed by atoms with van der Waals surface area (Å²) in [6.07, 6.45) is 0. The monoisotopic (exact) mass is 311 g/mol. The summed E-state index contributed by atoms with van der Waals surface area (Å²) in [6, 6.07) is 18.7. The van der Waals surface area contributed by atoms with Gasteiger partial charge in [-0.05, 0) is 36.1 Å². The van der Waals surface area contributed by atoms with Crippen molar-refractivity contribution in [1.82, 2.24) is 0 Å². The molecule has 0 bridgehead atoms. The van der Waals surface area contributed by atoms with Gasteiger partial charge in [-0.3, -0.25) is 9.69 Å². The number of hydrogen-bond donors (Lipinski definition) is 0. The minimum Gasteiger partial charge on any atom is -0.295 e. The van der Waals surface area contributed by atoms with E-state index in [0.29, 0.717) is 5.92 Å². The maximum Gasteiger partial charge on any atom is 0.241 e. The largest absolute Gasteiger partial charge is 0.295 e. The van der Waals surface area contributed by atoms with Crippen molar-refractivity contribution < 1.29 is 4.79 Å². The summed E-state index contributed by atoms with van der Waals surface area (Å²) >= 11 is 1.72. The lowest BCUT2D eigenvalue weighted by Crippen LogP contribution is -2.30. The van der Waals surface area contributed by atoms with Gasteiger partial charge in [0.05, 0.1) is 5.25 Å². The van der Waals surface area contributed by atoms with Gasteiger partial charge in [-0.1, -0.05) is 56.3 Å². The smallest absolute Gasteiger partial charge is 0.241 e. The fraction of sp³-hybridized carbons (Fsp3) is 0.316. The molecule has 22 heavy (non-hydrogen) atoms. The van der Waals surface area contributed by atoms with E-state index in [1.54, 1.807) is 11.8 Å². The molecule has 0 aliphatic carbocycles. The van der Waals surface area contributed by atoms with Crippen LogP contribution in [0, 0.1) is 0 Å². The molecule has 0 N–H and O–H groups in total. The molecule has 0 unspecified atom stereocenters. The number of amides is 1. The quantitative estimate of drug-likeness (QED) is 0.797. The van der Waals surface area contributed by atoms with E-state index < -0.39 is 0 Å². The Balaban J connectivity index is 1.96. The van der Waals surface area contributed by atoms with Crippen molar-refractivity contribution in [1.29, 1.82) is 0 Å². The van der Waals surface area contributed by atoms with Gasteiger partial charge >= 0.3 is 0 Å². The lowest BCUT2D eigenvalue weighted by molar-refractivity contribution is -0.117. The number of nitrogens with zero attached hydrogens (tertiary/aromatic N) is 1. The number of carbonyl (C=O) groups excluding carboxylic acids is 1. The van der Waals surface area contributed by atoms with E-state index in [2.05, 4.69) is 50.2 Å². The van der Waals surface area contributed by atoms with Crippen LogP contribution in [0.1, 0.15) is 43.2 Å². The van der Waals surface area contributed by atoms with Gasteiger partial charge in [-0.15, -0.1) is 11.8 Å². The minimum absolute atomic E-state index is 0.00465. The Hall–Kier alpha value is -1.74. The van der Waals surface area contributed by atoms with E-state index >= 15 is 0 Å². The van der Waals surface area contributed by atoms with Crippen molar-refractivity contribution in [3.8, 4) is 0 Å². The zero-order valence-electron chi connectivity index (χ0n) is 13.2. The van der Waals surface area contributed by atoms with Crippen molar-refractivity contribution >= 4 is 23.4 Å². The molecule has 1 aliphatic heterocycles. The van der Waals surface area contributed by atoms with Gasteiger partial charge in [0.2, 0.25) is 5.91 Å². The highest BCUT2D eigenvalue weighted by atomic mass is 32.2. The normalized spacial score (nSPS) is 21.6. The molecule has 1 fully saturated rings. The first-order chi connectivity index (χ1) is 10.6. The van der Waals surface area contributed by atoms with Crippen molar-refractivity contribution in [3.63, 3.8) is 0 Å². The molecule has 3 rings (SSSR count). The molecule has 1 saturated heterocycles. The molecular formula is C19H21NOS. The van der Waals surface area contributed by atoms with Crippen LogP contribution in [0.25, 0.3) is 0 Å². The third-order valence-corrected chi connectivity index (χ3v) is 5.43. The van der Waals surface area contributed by atoms with Gasteiger partial charge in [0.25, 0.3) is 0 Å². The fourth-order valence-electron chi connectivity index (χ4n) is 2.75. The summed E-state index contributed by atoms with van der Waals surface area (Å²) in [7, 11) is 0. The third-order valence-electron chi connectivity index (χ3n) is 4.08. The Morgan fingerprint density at radius 3 is 2.23 bits per heavy atom. The van der Waals surface area contributed by atoms with Crippen LogP contribution in [-0.2, 0) is 4.79 Å². The van der Waals surface area contributed by atoms with Gasteiger partial charge in [0.15, 0.2) is 0 Å². The molecule has 3 heteroatoms.